The molecule has 0 radical (unpaired) electrons. The number of rotatable bonds is 2. The lowest BCUT2D eigenvalue weighted by Crippen LogP contribution is -2.23. The molecule has 0 bridgehead atoms. The number of benzene rings is 1. The van der Waals surface area contributed by atoms with Gasteiger partial charge in [0.1, 0.15) is 0 Å². The Morgan fingerprint density at radius 2 is 2.08 bits per heavy atom. The summed E-state index contributed by atoms with van der Waals surface area (Å²) in [5.74, 6) is 0. The van der Waals surface area contributed by atoms with Crippen molar-refractivity contribution in [2.24, 2.45) is 10.8 Å². The smallest absolute Gasteiger partial charge is 0.184 e. The maximum absolute atomic E-state index is 5.18. The van der Waals surface area contributed by atoms with Gasteiger partial charge < -0.3 is 5.73 Å². The highest BCUT2D eigenvalue weighted by Gasteiger charge is 1.87. The van der Waals surface area contributed by atoms with Crippen LogP contribution in [-0.4, -0.2) is 11.3 Å². The Labute approximate surface area is 90.1 Å². The monoisotopic (exact) mass is 257 g/mol. The van der Waals surface area contributed by atoms with Gasteiger partial charge >= 0.3 is 0 Å². The second-order valence-corrected chi connectivity index (χ2v) is 3.64. The molecule has 0 aliphatic rings. The fourth-order valence-electron chi connectivity index (χ4n) is 0.719. The fraction of sp³-hybridized carbons (Fsp3) is 0. The SMILES string of the molecule is NC(=S)N/N=C\c1ccc(Br)cc1. The third-order valence-electron chi connectivity index (χ3n) is 1.26. The fourth-order valence-corrected chi connectivity index (χ4v) is 1.04. The van der Waals surface area contributed by atoms with Gasteiger partial charge in [-0.1, -0.05) is 28.1 Å². The van der Waals surface area contributed by atoms with Crippen molar-refractivity contribution in [3.63, 3.8) is 0 Å². The number of hydrazone groups is 1. The van der Waals surface area contributed by atoms with Gasteiger partial charge in [0.15, 0.2) is 5.11 Å². The van der Waals surface area contributed by atoms with Gasteiger partial charge in [-0.05, 0) is 29.9 Å². The van der Waals surface area contributed by atoms with Crippen molar-refractivity contribution in [2.75, 3.05) is 0 Å². The summed E-state index contributed by atoms with van der Waals surface area (Å²) in [6.07, 6.45) is 1.64. The molecule has 0 saturated heterocycles. The van der Waals surface area contributed by atoms with E-state index in [0.29, 0.717) is 0 Å². The van der Waals surface area contributed by atoms with E-state index in [1.165, 1.54) is 0 Å². The van der Waals surface area contributed by atoms with Crippen LogP contribution in [0.3, 0.4) is 0 Å². The summed E-state index contributed by atoms with van der Waals surface area (Å²) in [7, 11) is 0. The molecule has 0 fully saturated rings. The maximum atomic E-state index is 5.18. The lowest BCUT2D eigenvalue weighted by Gasteiger charge is -1.94. The van der Waals surface area contributed by atoms with E-state index in [9.17, 15) is 0 Å². The summed E-state index contributed by atoms with van der Waals surface area (Å²) in [5.41, 5.74) is 8.63. The van der Waals surface area contributed by atoms with Crippen LogP contribution in [-0.2, 0) is 0 Å². The van der Waals surface area contributed by atoms with Gasteiger partial charge in [0, 0.05) is 4.47 Å². The Balaban J connectivity index is 2.59. The molecule has 3 N–H and O–H groups in total. The van der Waals surface area contributed by atoms with Crippen molar-refractivity contribution < 1.29 is 0 Å². The Morgan fingerprint density at radius 1 is 1.46 bits per heavy atom. The van der Waals surface area contributed by atoms with Crippen LogP contribution in [0.4, 0.5) is 0 Å². The molecule has 3 nitrogen and oxygen atoms in total. The average Bonchev–Trinajstić information content (AvgIpc) is 2.08. The Kier molecular flexibility index (Phi) is 3.85. The first-order valence-corrected chi connectivity index (χ1v) is 4.72. The van der Waals surface area contributed by atoms with E-state index in [1.54, 1.807) is 6.21 Å². The van der Waals surface area contributed by atoms with E-state index in [2.05, 4.69) is 38.7 Å². The number of nitrogens with one attached hydrogen (secondary N) is 1. The highest BCUT2D eigenvalue weighted by molar-refractivity contribution is 9.10. The van der Waals surface area contributed by atoms with Crippen LogP contribution in [0.1, 0.15) is 5.56 Å². The summed E-state index contributed by atoms with van der Waals surface area (Å²) >= 11 is 7.91. The molecule has 0 aliphatic carbocycles. The molecule has 0 atom stereocenters. The normalized spacial score (nSPS) is 10.2. The molecule has 68 valence electrons. The number of halogens is 1. The van der Waals surface area contributed by atoms with E-state index in [4.69, 9.17) is 5.73 Å². The Bertz CT molecular complexity index is 321. The van der Waals surface area contributed by atoms with Crippen molar-refractivity contribution in [2.45, 2.75) is 0 Å². The van der Waals surface area contributed by atoms with Gasteiger partial charge in [-0.15, -0.1) is 0 Å². The zero-order chi connectivity index (χ0) is 9.68. The van der Waals surface area contributed by atoms with E-state index in [-0.39, 0.29) is 5.11 Å². The third kappa shape index (κ3) is 4.00. The van der Waals surface area contributed by atoms with Crippen molar-refractivity contribution in [3.8, 4) is 0 Å². The molecule has 1 aromatic rings. The number of hydrogen-bond donors (Lipinski definition) is 2. The number of hydrogen-bond acceptors (Lipinski definition) is 2. The molecule has 0 aliphatic heterocycles. The highest BCUT2D eigenvalue weighted by Crippen LogP contribution is 2.08. The zero-order valence-electron chi connectivity index (χ0n) is 6.70. The largest absolute Gasteiger partial charge is 0.375 e. The minimum absolute atomic E-state index is 0.161. The molecule has 0 heterocycles. The van der Waals surface area contributed by atoms with Crippen LogP contribution in [0, 0.1) is 0 Å². The molecule has 0 aromatic heterocycles. The average molecular weight is 258 g/mol. The van der Waals surface area contributed by atoms with Crippen molar-refractivity contribution in [1.29, 1.82) is 0 Å². The van der Waals surface area contributed by atoms with E-state index < -0.39 is 0 Å². The highest BCUT2D eigenvalue weighted by atomic mass is 79.9. The molecule has 5 heteroatoms. The minimum atomic E-state index is 0.161. The van der Waals surface area contributed by atoms with Crippen LogP contribution in [0.25, 0.3) is 0 Å². The van der Waals surface area contributed by atoms with E-state index in [1.807, 2.05) is 24.3 Å². The minimum Gasteiger partial charge on any atom is -0.375 e. The van der Waals surface area contributed by atoms with Crippen LogP contribution < -0.4 is 11.2 Å². The second-order valence-electron chi connectivity index (χ2n) is 2.29. The van der Waals surface area contributed by atoms with Crippen molar-refractivity contribution >= 4 is 39.5 Å². The lowest BCUT2D eigenvalue weighted by atomic mass is 10.2. The predicted molar refractivity (Wildman–Crippen MR) is 61.7 cm³/mol. The number of nitrogens with two attached hydrogens (primary N) is 1. The summed E-state index contributed by atoms with van der Waals surface area (Å²) in [6, 6.07) is 7.72. The molecular weight excluding hydrogens is 250 g/mol. The standard InChI is InChI=1S/C8H8BrN3S/c9-7-3-1-6(2-4-7)5-11-12-8(10)13/h1-5H,(H3,10,12,13)/b11-5-. The molecule has 1 rings (SSSR count). The first-order chi connectivity index (χ1) is 6.18. The first kappa shape index (κ1) is 10.1. The van der Waals surface area contributed by atoms with Gasteiger partial charge in [-0.3, -0.25) is 5.43 Å². The molecule has 0 amide bonds. The quantitative estimate of drug-likeness (QED) is 0.481. The molecule has 13 heavy (non-hydrogen) atoms. The number of nitrogens with zero attached hydrogens (tertiary/aromatic N) is 1. The van der Waals surface area contributed by atoms with Crippen LogP contribution in [0.2, 0.25) is 0 Å². The summed E-state index contributed by atoms with van der Waals surface area (Å²) < 4.78 is 1.03. The van der Waals surface area contributed by atoms with E-state index >= 15 is 0 Å². The van der Waals surface area contributed by atoms with Crippen molar-refractivity contribution in [3.05, 3.63) is 34.3 Å². The first-order valence-electron chi connectivity index (χ1n) is 3.52. The molecule has 0 saturated carbocycles. The van der Waals surface area contributed by atoms with Gasteiger partial charge in [-0.2, -0.15) is 5.10 Å². The van der Waals surface area contributed by atoms with Gasteiger partial charge in [0.2, 0.25) is 0 Å². The van der Waals surface area contributed by atoms with Gasteiger partial charge in [-0.25, -0.2) is 0 Å². The Morgan fingerprint density at radius 3 is 2.62 bits per heavy atom. The lowest BCUT2D eigenvalue weighted by molar-refractivity contribution is 1.04. The van der Waals surface area contributed by atoms with Crippen molar-refractivity contribution in [1.82, 2.24) is 5.43 Å². The van der Waals surface area contributed by atoms with Gasteiger partial charge in [0.05, 0.1) is 6.21 Å². The Hall–Kier alpha value is -0.940. The summed E-state index contributed by atoms with van der Waals surface area (Å²) in [5, 5.41) is 3.97. The van der Waals surface area contributed by atoms with Crippen LogP contribution in [0.5, 0.6) is 0 Å². The van der Waals surface area contributed by atoms with E-state index in [0.717, 1.165) is 10.0 Å². The summed E-state index contributed by atoms with van der Waals surface area (Å²) in [6.45, 7) is 0. The molecule has 0 unspecified atom stereocenters. The van der Waals surface area contributed by atoms with Crippen LogP contribution >= 0.6 is 28.1 Å². The predicted octanol–water partition coefficient (Wildman–Crippen LogP) is 1.62. The second kappa shape index (κ2) is 4.94. The molecule has 0 spiro atoms. The van der Waals surface area contributed by atoms with Crippen LogP contribution in [0.15, 0.2) is 33.8 Å². The number of thiocarbonyl (C=S) groups is 1. The molecule has 1 aromatic carbocycles. The summed E-state index contributed by atoms with van der Waals surface area (Å²) in [4.78, 5) is 0. The van der Waals surface area contributed by atoms with Gasteiger partial charge in [0.25, 0.3) is 0 Å². The third-order valence-corrected chi connectivity index (χ3v) is 1.88. The zero-order valence-corrected chi connectivity index (χ0v) is 9.10. The molecular formula is C8H8BrN3S. The topological polar surface area (TPSA) is 50.4 Å². The maximum Gasteiger partial charge on any atom is 0.184 e.